The van der Waals surface area contributed by atoms with Crippen molar-refractivity contribution in [1.29, 1.82) is 0 Å². The molecule has 1 atom stereocenters. The van der Waals surface area contributed by atoms with E-state index in [0.29, 0.717) is 5.02 Å². The maximum atomic E-state index is 6.11. The molecule has 1 aromatic carbocycles. The van der Waals surface area contributed by atoms with Gasteiger partial charge in [0.15, 0.2) is 0 Å². The highest BCUT2D eigenvalue weighted by molar-refractivity contribution is 9.08. The van der Waals surface area contributed by atoms with Crippen LogP contribution < -0.4 is 4.74 Å². The Morgan fingerprint density at radius 2 is 2.20 bits per heavy atom. The standard InChI is InChI=1S/C12H16BrClO/c1-3-4-9(2)15-12-6-5-10(8-13)7-11(12)14/h5-7,9H,3-4,8H2,1-2H3. The van der Waals surface area contributed by atoms with Gasteiger partial charge in [0.05, 0.1) is 11.1 Å². The predicted octanol–water partition coefficient (Wildman–Crippen LogP) is 4.80. The monoisotopic (exact) mass is 290 g/mol. The van der Waals surface area contributed by atoms with Gasteiger partial charge >= 0.3 is 0 Å². The minimum atomic E-state index is 0.224. The first-order valence-corrected chi connectivity index (χ1v) is 6.68. The van der Waals surface area contributed by atoms with Gasteiger partial charge in [-0.3, -0.25) is 0 Å². The molecule has 84 valence electrons. The second-order valence-electron chi connectivity index (χ2n) is 3.62. The highest BCUT2D eigenvalue weighted by atomic mass is 79.9. The van der Waals surface area contributed by atoms with Crippen LogP contribution in [0.2, 0.25) is 5.02 Å². The Morgan fingerprint density at radius 1 is 1.47 bits per heavy atom. The van der Waals surface area contributed by atoms with Crippen LogP contribution in [-0.2, 0) is 5.33 Å². The van der Waals surface area contributed by atoms with Gasteiger partial charge in [-0.2, -0.15) is 0 Å². The lowest BCUT2D eigenvalue weighted by Crippen LogP contribution is -2.11. The van der Waals surface area contributed by atoms with Crippen LogP contribution in [0.25, 0.3) is 0 Å². The number of benzene rings is 1. The Morgan fingerprint density at radius 3 is 2.73 bits per heavy atom. The van der Waals surface area contributed by atoms with Crippen molar-refractivity contribution in [2.24, 2.45) is 0 Å². The molecule has 0 saturated carbocycles. The van der Waals surface area contributed by atoms with Crippen LogP contribution in [0.5, 0.6) is 5.75 Å². The lowest BCUT2D eigenvalue weighted by atomic mass is 10.2. The predicted molar refractivity (Wildman–Crippen MR) is 69.1 cm³/mol. The number of rotatable bonds is 5. The SMILES string of the molecule is CCCC(C)Oc1ccc(CBr)cc1Cl. The number of ether oxygens (including phenoxy) is 1. The number of alkyl halides is 1. The van der Waals surface area contributed by atoms with E-state index in [1.165, 1.54) is 0 Å². The molecule has 1 nitrogen and oxygen atoms in total. The van der Waals surface area contributed by atoms with Crippen molar-refractivity contribution in [3.63, 3.8) is 0 Å². The van der Waals surface area contributed by atoms with Crippen molar-refractivity contribution >= 4 is 27.5 Å². The fraction of sp³-hybridized carbons (Fsp3) is 0.500. The first kappa shape index (κ1) is 12.9. The van der Waals surface area contributed by atoms with E-state index in [9.17, 15) is 0 Å². The fourth-order valence-corrected chi connectivity index (χ4v) is 2.00. The summed E-state index contributed by atoms with van der Waals surface area (Å²) in [7, 11) is 0. The second kappa shape index (κ2) is 6.39. The molecule has 0 heterocycles. The molecule has 1 aromatic rings. The Hall–Kier alpha value is -0.210. The number of hydrogen-bond acceptors (Lipinski definition) is 1. The molecule has 0 aromatic heterocycles. The molecule has 1 rings (SSSR count). The Balaban J connectivity index is 2.69. The average molecular weight is 292 g/mol. The summed E-state index contributed by atoms with van der Waals surface area (Å²) in [6.45, 7) is 4.22. The third kappa shape index (κ3) is 4.04. The van der Waals surface area contributed by atoms with E-state index in [-0.39, 0.29) is 6.10 Å². The molecular weight excluding hydrogens is 275 g/mol. The molecule has 0 amide bonds. The summed E-state index contributed by atoms with van der Waals surface area (Å²) in [5.74, 6) is 0.780. The normalized spacial score (nSPS) is 12.5. The van der Waals surface area contributed by atoms with Gasteiger partial charge in [0.2, 0.25) is 0 Å². The quantitative estimate of drug-likeness (QED) is 0.708. The van der Waals surface area contributed by atoms with E-state index in [4.69, 9.17) is 16.3 Å². The maximum Gasteiger partial charge on any atom is 0.138 e. The number of hydrogen-bond donors (Lipinski definition) is 0. The summed E-state index contributed by atoms with van der Waals surface area (Å²) in [5, 5.41) is 1.51. The summed E-state index contributed by atoms with van der Waals surface area (Å²) < 4.78 is 5.74. The van der Waals surface area contributed by atoms with Gasteiger partial charge in [-0.05, 0) is 31.0 Å². The van der Waals surface area contributed by atoms with Crippen molar-refractivity contribution in [3.8, 4) is 5.75 Å². The smallest absolute Gasteiger partial charge is 0.138 e. The highest BCUT2D eigenvalue weighted by Crippen LogP contribution is 2.27. The highest BCUT2D eigenvalue weighted by Gasteiger charge is 2.06. The molecule has 1 unspecified atom stereocenters. The van der Waals surface area contributed by atoms with Gasteiger partial charge in [-0.25, -0.2) is 0 Å². The number of halogens is 2. The summed E-state index contributed by atoms with van der Waals surface area (Å²) in [4.78, 5) is 0. The van der Waals surface area contributed by atoms with Gasteiger partial charge < -0.3 is 4.74 Å². The molecule has 3 heteroatoms. The molecule has 0 bridgehead atoms. The molecule has 0 fully saturated rings. The van der Waals surface area contributed by atoms with Crippen LogP contribution in [-0.4, -0.2) is 6.10 Å². The van der Waals surface area contributed by atoms with Crippen LogP contribution in [0.4, 0.5) is 0 Å². The Labute approximate surface area is 105 Å². The van der Waals surface area contributed by atoms with Crippen molar-refractivity contribution in [2.45, 2.75) is 38.1 Å². The Kier molecular flexibility index (Phi) is 5.48. The summed E-state index contributed by atoms with van der Waals surface area (Å²) in [6, 6.07) is 5.89. The molecule has 0 N–H and O–H groups in total. The molecule has 0 spiro atoms. The summed E-state index contributed by atoms with van der Waals surface area (Å²) in [5.41, 5.74) is 1.16. The third-order valence-electron chi connectivity index (χ3n) is 2.17. The van der Waals surface area contributed by atoms with E-state index in [1.54, 1.807) is 0 Å². The van der Waals surface area contributed by atoms with E-state index >= 15 is 0 Å². The molecule has 15 heavy (non-hydrogen) atoms. The first-order valence-electron chi connectivity index (χ1n) is 5.18. The fourth-order valence-electron chi connectivity index (χ4n) is 1.41. The average Bonchev–Trinajstić information content (AvgIpc) is 2.21. The minimum absolute atomic E-state index is 0.224. The molecular formula is C12H16BrClO. The Bertz CT molecular complexity index is 314. The molecule has 0 aliphatic rings. The zero-order valence-corrected chi connectivity index (χ0v) is 11.4. The molecule has 0 aliphatic heterocycles. The van der Waals surface area contributed by atoms with Crippen LogP contribution >= 0.6 is 27.5 Å². The van der Waals surface area contributed by atoms with Crippen molar-refractivity contribution in [2.75, 3.05) is 0 Å². The van der Waals surface area contributed by atoms with E-state index in [0.717, 1.165) is 29.5 Å². The lowest BCUT2D eigenvalue weighted by molar-refractivity contribution is 0.210. The second-order valence-corrected chi connectivity index (χ2v) is 4.58. The first-order chi connectivity index (χ1) is 7.17. The van der Waals surface area contributed by atoms with E-state index < -0.39 is 0 Å². The summed E-state index contributed by atoms with van der Waals surface area (Å²) >= 11 is 9.50. The van der Waals surface area contributed by atoms with Gasteiger partial charge in [-0.1, -0.05) is 46.9 Å². The van der Waals surface area contributed by atoms with Crippen molar-refractivity contribution in [3.05, 3.63) is 28.8 Å². The van der Waals surface area contributed by atoms with Gasteiger partial charge in [0, 0.05) is 5.33 Å². The van der Waals surface area contributed by atoms with E-state index in [2.05, 4.69) is 29.8 Å². The maximum absolute atomic E-state index is 6.11. The molecule has 0 saturated heterocycles. The van der Waals surface area contributed by atoms with Crippen LogP contribution in [0.3, 0.4) is 0 Å². The van der Waals surface area contributed by atoms with Crippen LogP contribution in [0.1, 0.15) is 32.3 Å². The third-order valence-corrected chi connectivity index (χ3v) is 3.12. The zero-order valence-electron chi connectivity index (χ0n) is 9.09. The van der Waals surface area contributed by atoms with Crippen molar-refractivity contribution in [1.82, 2.24) is 0 Å². The molecule has 0 aliphatic carbocycles. The van der Waals surface area contributed by atoms with E-state index in [1.807, 2.05) is 18.2 Å². The van der Waals surface area contributed by atoms with Crippen molar-refractivity contribution < 1.29 is 4.74 Å². The van der Waals surface area contributed by atoms with Gasteiger partial charge in [0.25, 0.3) is 0 Å². The summed E-state index contributed by atoms with van der Waals surface area (Å²) in [6.07, 6.45) is 2.40. The topological polar surface area (TPSA) is 9.23 Å². The largest absolute Gasteiger partial charge is 0.489 e. The van der Waals surface area contributed by atoms with Crippen LogP contribution in [0.15, 0.2) is 18.2 Å². The van der Waals surface area contributed by atoms with Gasteiger partial charge in [0.1, 0.15) is 5.75 Å². The lowest BCUT2D eigenvalue weighted by Gasteiger charge is -2.15. The van der Waals surface area contributed by atoms with Crippen LogP contribution in [0, 0.1) is 0 Å². The van der Waals surface area contributed by atoms with Gasteiger partial charge in [-0.15, -0.1) is 0 Å². The minimum Gasteiger partial charge on any atom is -0.489 e. The molecule has 0 radical (unpaired) electrons. The zero-order chi connectivity index (χ0) is 11.3.